The Morgan fingerprint density at radius 1 is 1.21 bits per heavy atom. The van der Waals surface area contributed by atoms with Gasteiger partial charge in [0, 0.05) is 16.7 Å². The van der Waals surface area contributed by atoms with Crippen molar-refractivity contribution in [3.05, 3.63) is 64.1 Å². The Kier molecular flexibility index (Phi) is 4.56. The molecule has 0 spiro atoms. The average Bonchev–Trinajstić information content (AvgIpc) is 2.46. The number of nitriles is 1. The van der Waals surface area contributed by atoms with Crippen LogP contribution in [0.1, 0.15) is 17.2 Å². The van der Waals surface area contributed by atoms with Crippen molar-refractivity contribution in [2.75, 3.05) is 11.9 Å². The van der Waals surface area contributed by atoms with Crippen molar-refractivity contribution in [3.8, 4) is 6.07 Å². The van der Waals surface area contributed by atoms with Crippen LogP contribution in [0, 0.1) is 11.3 Å². The van der Waals surface area contributed by atoms with E-state index in [1.54, 1.807) is 12.1 Å². The first-order valence-corrected chi connectivity index (χ1v) is 6.66. The lowest BCUT2D eigenvalue weighted by Crippen LogP contribution is -2.12. The summed E-state index contributed by atoms with van der Waals surface area (Å²) in [7, 11) is 0. The molecule has 0 radical (unpaired) electrons. The summed E-state index contributed by atoms with van der Waals surface area (Å²) in [5.74, 6) is 0. The van der Waals surface area contributed by atoms with Crippen molar-refractivity contribution in [3.63, 3.8) is 0 Å². The molecule has 0 aliphatic heterocycles. The van der Waals surface area contributed by atoms with Gasteiger partial charge in [-0.05, 0) is 39.7 Å². The number of hydrogen-bond acceptors (Lipinski definition) is 3. The number of nitrogens with zero attached hydrogens (tertiary/aromatic N) is 1. The predicted octanol–water partition coefficient (Wildman–Crippen LogP) is 3.47. The van der Waals surface area contributed by atoms with E-state index in [4.69, 9.17) is 5.26 Å². The molecule has 4 heteroatoms. The smallest absolute Gasteiger partial charge is 0.0992 e. The molecule has 2 aromatic rings. The number of rotatable bonds is 4. The molecule has 1 atom stereocenters. The van der Waals surface area contributed by atoms with Crippen molar-refractivity contribution in [1.82, 2.24) is 0 Å². The van der Waals surface area contributed by atoms with Crippen molar-refractivity contribution in [1.29, 1.82) is 5.26 Å². The second-order valence-electron chi connectivity index (χ2n) is 4.11. The van der Waals surface area contributed by atoms with Crippen LogP contribution in [-0.2, 0) is 0 Å². The third kappa shape index (κ3) is 3.57. The van der Waals surface area contributed by atoms with Crippen LogP contribution in [0.3, 0.4) is 0 Å². The predicted molar refractivity (Wildman–Crippen MR) is 78.7 cm³/mol. The fraction of sp³-hybridized carbons (Fsp3) is 0.133. The van der Waals surface area contributed by atoms with E-state index in [0.717, 1.165) is 15.7 Å². The zero-order chi connectivity index (χ0) is 13.7. The van der Waals surface area contributed by atoms with E-state index in [0.29, 0.717) is 12.1 Å². The zero-order valence-corrected chi connectivity index (χ0v) is 11.8. The van der Waals surface area contributed by atoms with Gasteiger partial charge in [0.25, 0.3) is 0 Å². The molecular formula is C15H13BrN2O. The number of halogens is 1. The summed E-state index contributed by atoms with van der Waals surface area (Å²) in [6.07, 6.45) is -0.566. The maximum absolute atomic E-state index is 10.0. The lowest BCUT2D eigenvalue weighted by molar-refractivity contribution is 0.191. The van der Waals surface area contributed by atoms with E-state index in [2.05, 4.69) is 27.3 Å². The van der Waals surface area contributed by atoms with Crippen molar-refractivity contribution in [2.45, 2.75) is 6.10 Å². The van der Waals surface area contributed by atoms with E-state index in [1.807, 2.05) is 36.4 Å². The number of nitrogens with one attached hydrogen (secondary N) is 1. The molecule has 96 valence electrons. The van der Waals surface area contributed by atoms with Crippen LogP contribution < -0.4 is 5.32 Å². The monoisotopic (exact) mass is 316 g/mol. The first kappa shape index (κ1) is 13.6. The molecule has 0 amide bonds. The molecule has 1 unspecified atom stereocenters. The highest BCUT2D eigenvalue weighted by molar-refractivity contribution is 9.10. The van der Waals surface area contributed by atoms with Crippen LogP contribution in [0.4, 0.5) is 5.69 Å². The normalized spacial score (nSPS) is 11.6. The van der Waals surface area contributed by atoms with Crippen LogP contribution in [0.15, 0.2) is 53.0 Å². The van der Waals surface area contributed by atoms with E-state index < -0.39 is 6.10 Å². The molecule has 19 heavy (non-hydrogen) atoms. The maximum atomic E-state index is 10.0. The molecule has 0 heterocycles. The van der Waals surface area contributed by atoms with Gasteiger partial charge in [0.05, 0.1) is 17.7 Å². The molecule has 0 fully saturated rings. The number of anilines is 1. The standard InChI is InChI=1S/C15H13BrN2O/c16-13-8-11(9-17)6-7-14(13)18-10-15(19)12-4-2-1-3-5-12/h1-8,15,18-19H,10H2. The quantitative estimate of drug-likeness (QED) is 0.908. The fourth-order valence-electron chi connectivity index (χ4n) is 1.73. The van der Waals surface area contributed by atoms with Crippen molar-refractivity contribution in [2.24, 2.45) is 0 Å². The summed E-state index contributed by atoms with van der Waals surface area (Å²) in [5.41, 5.74) is 2.33. The minimum atomic E-state index is -0.566. The first-order valence-electron chi connectivity index (χ1n) is 5.87. The minimum absolute atomic E-state index is 0.411. The lowest BCUT2D eigenvalue weighted by atomic mass is 10.1. The summed E-state index contributed by atoms with van der Waals surface area (Å²) in [4.78, 5) is 0. The molecule has 0 saturated carbocycles. The Bertz CT molecular complexity index is 593. The molecule has 0 saturated heterocycles. The van der Waals surface area contributed by atoms with E-state index in [1.165, 1.54) is 0 Å². The minimum Gasteiger partial charge on any atom is -0.387 e. The highest BCUT2D eigenvalue weighted by atomic mass is 79.9. The highest BCUT2D eigenvalue weighted by Gasteiger charge is 2.07. The molecule has 2 aromatic carbocycles. The summed E-state index contributed by atoms with van der Waals surface area (Å²) in [6, 6.07) is 16.9. The summed E-state index contributed by atoms with van der Waals surface area (Å²) < 4.78 is 0.812. The van der Waals surface area contributed by atoms with Gasteiger partial charge in [-0.25, -0.2) is 0 Å². The largest absolute Gasteiger partial charge is 0.387 e. The van der Waals surface area contributed by atoms with Gasteiger partial charge in [0.2, 0.25) is 0 Å². The Morgan fingerprint density at radius 2 is 1.95 bits per heavy atom. The zero-order valence-electron chi connectivity index (χ0n) is 10.2. The Labute approximate surface area is 120 Å². The molecular weight excluding hydrogens is 304 g/mol. The second-order valence-corrected chi connectivity index (χ2v) is 4.97. The lowest BCUT2D eigenvalue weighted by Gasteiger charge is -2.14. The fourth-order valence-corrected chi connectivity index (χ4v) is 2.25. The first-order chi connectivity index (χ1) is 9.20. The van der Waals surface area contributed by atoms with Gasteiger partial charge in [-0.2, -0.15) is 5.26 Å². The summed E-state index contributed by atoms with van der Waals surface area (Å²) in [6.45, 7) is 0.411. The van der Waals surface area contributed by atoms with Gasteiger partial charge in [-0.3, -0.25) is 0 Å². The molecule has 0 bridgehead atoms. The Morgan fingerprint density at radius 3 is 2.58 bits per heavy atom. The van der Waals surface area contributed by atoms with Gasteiger partial charge in [-0.15, -0.1) is 0 Å². The molecule has 0 aliphatic carbocycles. The Hall–Kier alpha value is -1.83. The van der Waals surface area contributed by atoms with Crippen molar-refractivity contribution < 1.29 is 5.11 Å². The number of aliphatic hydroxyl groups is 1. The molecule has 2 rings (SSSR count). The van der Waals surface area contributed by atoms with Crippen LogP contribution in [0.2, 0.25) is 0 Å². The van der Waals surface area contributed by atoms with Gasteiger partial charge in [0.1, 0.15) is 0 Å². The van der Waals surface area contributed by atoms with Crippen LogP contribution in [0.5, 0.6) is 0 Å². The van der Waals surface area contributed by atoms with Crippen LogP contribution in [0.25, 0.3) is 0 Å². The number of benzene rings is 2. The topological polar surface area (TPSA) is 56.0 Å². The molecule has 0 aliphatic rings. The van der Waals surface area contributed by atoms with Gasteiger partial charge in [-0.1, -0.05) is 30.3 Å². The van der Waals surface area contributed by atoms with E-state index >= 15 is 0 Å². The van der Waals surface area contributed by atoms with Crippen LogP contribution in [-0.4, -0.2) is 11.7 Å². The second kappa shape index (κ2) is 6.37. The Balaban J connectivity index is 2.01. The van der Waals surface area contributed by atoms with Gasteiger partial charge in [0.15, 0.2) is 0 Å². The highest BCUT2D eigenvalue weighted by Crippen LogP contribution is 2.24. The molecule has 0 aromatic heterocycles. The molecule has 2 N–H and O–H groups in total. The molecule has 3 nitrogen and oxygen atoms in total. The average molecular weight is 317 g/mol. The number of aliphatic hydroxyl groups excluding tert-OH is 1. The number of hydrogen-bond donors (Lipinski definition) is 2. The maximum Gasteiger partial charge on any atom is 0.0992 e. The van der Waals surface area contributed by atoms with Crippen molar-refractivity contribution >= 4 is 21.6 Å². The SMILES string of the molecule is N#Cc1ccc(NCC(O)c2ccccc2)c(Br)c1. The van der Waals surface area contributed by atoms with E-state index in [-0.39, 0.29) is 0 Å². The van der Waals surface area contributed by atoms with Gasteiger partial charge < -0.3 is 10.4 Å². The summed E-state index contributed by atoms with van der Waals surface area (Å²) in [5, 5.41) is 22.0. The third-order valence-electron chi connectivity index (χ3n) is 2.77. The summed E-state index contributed by atoms with van der Waals surface area (Å²) >= 11 is 3.40. The van der Waals surface area contributed by atoms with E-state index in [9.17, 15) is 5.11 Å². The van der Waals surface area contributed by atoms with Crippen LogP contribution >= 0.6 is 15.9 Å². The third-order valence-corrected chi connectivity index (χ3v) is 3.42. The van der Waals surface area contributed by atoms with Gasteiger partial charge >= 0.3 is 0 Å².